The summed E-state index contributed by atoms with van der Waals surface area (Å²) in [5.41, 5.74) is 0. The van der Waals surface area contributed by atoms with Crippen molar-refractivity contribution in [2.24, 2.45) is 0 Å². The van der Waals surface area contributed by atoms with Gasteiger partial charge in [0.15, 0.2) is 11.6 Å². The van der Waals surface area contributed by atoms with Crippen LogP contribution in [0.3, 0.4) is 0 Å². The van der Waals surface area contributed by atoms with E-state index in [1.54, 1.807) is 30.9 Å². The fourth-order valence-electron chi connectivity index (χ4n) is 2.11. The Morgan fingerprint density at radius 1 is 1.22 bits per heavy atom. The van der Waals surface area contributed by atoms with Gasteiger partial charge in [0.05, 0.1) is 12.4 Å². The van der Waals surface area contributed by atoms with E-state index in [-0.39, 0.29) is 17.7 Å². The Morgan fingerprint density at radius 3 is 2.43 bits per heavy atom. The fraction of sp³-hybridized carbons (Fsp3) is 0.615. The number of carbonyl (C=O) groups excluding carboxylic acids is 1. The summed E-state index contributed by atoms with van der Waals surface area (Å²) in [5.74, 6) is 0.820. The highest BCUT2D eigenvalue weighted by Gasteiger charge is 2.22. The highest BCUT2D eigenvalue weighted by Crippen LogP contribution is 2.15. The number of amides is 1. The van der Waals surface area contributed by atoms with Crippen LogP contribution in [-0.4, -0.2) is 68.1 Å². The molecular formula is C13H21N5O4S. The van der Waals surface area contributed by atoms with Crippen molar-refractivity contribution < 1.29 is 17.9 Å². The van der Waals surface area contributed by atoms with Crippen LogP contribution in [0.25, 0.3) is 0 Å². The van der Waals surface area contributed by atoms with Crippen LogP contribution < -0.4 is 9.62 Å². The zero-order chi connectivity index (χ0) is 16.9. The molecule has 2 heterocycles. The van der Waals surface area contributed by atoms with Gasteiger partial charge in [0.2, 0.25) is 10.0 Å². The van der Waals surface area contributed by atoms with E-state index in [9.17, 15) is 13.2 Å². The second-order valence-electron chi connectivity index (χ2n) is 4.96. The fourth-order valence-corrected chi connectivity index (χ4v) is 2.68. The molecule has 0 atom stereocenters. The van der Waals surface area contributed by atoms with Crippen LogP contribution in [0.5, 0.6) is 0 Å². The molecule has 23 heavy (non-hydrogen) atoms. The van der Waals surface area contributed by atoms with Gasteiger partial charge in [-0.25, -0.2) is 13.2 Å². The lowest BCUT2D eigenvalue weighted by atomic mass is 10.3. The molecule has 10 heteroatoms. The number of ether oxygens (including phenoxy) is 1. The minimum atomic E-state index is -3.36. The molecule has 1 fully saturated rings. The number of sulfonamides is 1. The predicted molar refractivity (Wildman–Crippen MR) is 85.9 cm³/mol. The van der Waals surface area contributed by atoms with Crippen LogP contribution in [-0.2, 0) is 14.8 Å². The van der Waals surface area contributed by atoms with Crippen LogP contribution >= 0.6 is 0 Å². The van der Waals surface area contributed by atoms with Crippen molar-refractivity contribution in [3.63, 3.8) is 0 Å². The number of nitrogens with one attached hydrogen (secondary N) is 1. The van der Waals surface area contributed by atoms with Crippen LogP contribution in [0.4, 0.5) is 16.4 Å². The minimum Gasteiger partial charge on any atom is -0.450 e. The topological polar surface area (TPSA) is 105 Å². The molecule has 0 radical (unpaired) electrons. The van der Waals surface area contributed by atoms with E-state index in [0.717, 1.165) is 0 Å². The molecule has 0 bridgehead atoms. The smallest absolute Gasteiger partial charge is 0.409 e. The van der Waals surface area contributed by atoms with E-state index in [1.807, 2.05) is 4.90 Å². The number of aromatic nitrogens is 2. The number of rotatable bonds is 5. The summed E-state index contributed by atoms with van der Waals surface area (Å²) in [6.45, 7) is 6.02. The summed E-state index contributed by atoms with van der Waals surface area (Å²) in [6, 6.07) is 3.29. The second-order valence-corrected chi connectivity index (χ2v) is 6.97. The molecule has 128 valence electrons. The van der Waals surface area contributed by atoms with Crippen LogP contribution in [0.1, 0.15) is 13.8 Å². The monoisotopic (exact) mass is 343 g/mol. The van der Waals surface area contributed by atoms with Gasteiger partial charge in [0.25, 0.3) is 0 Å². The number of hydrogen-bond acceptors (Lipinski definition) is 7. The lowest BCUT2D eigenvalue weighted by Crippen LogP contribution is -2.49. The molecule has 1 aromatic heterocycles. The minimum absolute atomic E-state index is 0.0216. The molecule has 0 aliphatic carbocycles. The summed E-state index contributed by atoms with van der Waals surface area (Å²) >= 11 is 0. The summed E-state index contributed by atoms with van der Waals surface area (Å²) < 4.78 is 30.3. The molecule has 1 aromatic rings. The molecular weight excluding hydrogens is 322 g/mol. The van der Waals surface area contributed by atoms with E-state index in [4.69, 9.17) is 4.74 Å². The SMILES string of the molecule is CCOC(=O)N1CCN(c2ccc(NS(=O)(=O)CC)nn2)CC1. The average molecular weight is 343 g/mol. The Bertz CT molecular complexity index is 626. The first-order valence-electron chi connectivity index (χ1n) is 7.46. The van der Waals surface area contributed by atoms with Gasteiger partial charge in [-0.1, -0.05) is 0 Å². The molecule has 1 N–H and O–H groups in total. The average Bonchev–Trinajstić information content (AvgIpc) is 2.56. The number of hydrogen-bond donors (Lipinski definition) is 1. The van der Waals surface area contributed by atoms with Crippen LogP contribution in [0, 0.1) is 0 Å². The molecule has 1 aliphatic heterocycles. The van der Waals surface area contributed by atoms with E-state index in [0.29, 0.717) is 38.6 Å². The van der Waals surface area contributed by atoms with E-state index >= 15 is 0 Å². The first-order valence-corrected chi connectivity index (χ1v) is 9.11. The van der Waals surface area contributed by atoms with Crippen molar-refractivity contribution in [2.75, 3.05) is 48.2 Å². The quantitative estimate of drug-likeness (QED) is 0.831. The third kappa shape index (κ3) is 4.68. The van der Waals surface area contributed by atoms with Gasteiger partial charge in [0.1, 0.15) is 0 Å². The maximum Gasteiger partial charge on any atom is 0.409 e. The standard InChI is InChI=1S/C13H21N5O4S/c1-3-22-13(19)18-9-7-17(8-10-18)12-6-5-11(14-15-12)16-23(20,21)4-2/h5-6H,3-4,7-10H2,1-2H3,(H,14,16). The van der Waals surface area contributed by atoms with E-state index < -0.39 is 10.0 Å². The van der Waals surface area contributed by atoms with Gasteiger partial charge < -0.3 is 14.5 Å². The largest absolute Gasteiger partial charge is 0.450 e. The molecule has 0 unspecified atom stereocenters. The van der Waals surface area contributed by atoms with Gasteiger partial charge in [-0.15, -0.1) is 10.2 Å². The molecule has 0 spiro atoms. The van der Waals surface area contributed by atoms with Gasteiger partial charge in [0, 0.05) is 26.2 Å². The Morgan fingerprint density at radius 2 is 1.91 bits per heavy atom. The van der Waals surface area contributed by atoms with E-state index in [2.05, 4.69) is 14.9 Å². The van der Waals surface area contributed by atoms with Gasteiger partial charge in [-0.3, -0.25) is 4.72 Å². The zero-order valence-corrected chi connectivity index (χ0v) is 14.0. The predicted octanol–water partition coefficient (Wildman–Crippen LogP) is 0.517. The van der Waals surface area contributed by atoms with Gasteiger partial charge in [-0.2, -0.15) is 0 Å². The van der Waals surface area contributed by atoms with Crippen molar-refractivity contribution in [1.82, 2.24) is 15.1 Å². The Balaban J connectivity index is 1.93. The summed E-state index contributed by atoms with van der Waals surface area (Å²) in [7, 11) is -3.36. The van der Waals surface area contributed by atoms with Crippen molar-refractivity contribution in [2.45, 2.75) is 13.8 Å². The van der Waals surface area contributed by atoms with E-state index in [1.165, 1.54) is 0 Å². The Hall–Kier alpha value is -2.10. The lowest BCUT2D eigenvalue weighted by molar-refractivity contribution is 0.105. The molecule has 0 aromatic carbocycles. The maximum absolute atomic E-state index is 11.6. The summed E-state index contributed by atoms with van der Waals surface area (Å²) in [5, 5.41) is 7.92. The molecule has 9 nitrogen and oxygen atoms in total. The van der Waals surface area contributed by atoms with Crippen molar-refractivity contribution in [1.29, 1.82) is 0 Å². The summed E-state index contributed by atoms with van der Waals surface area (Å²) in [6.07, 6.45) is -0.303. The zero-order valence-electron chi connectivity index (χ0n) is 13.2. The van der Waals surface area contributed by atoms with Gasteiger partial charge >= 0.3 is 6.09 Å². The van der Waals surface area contributed by atoms with Crippen molar-refractivity contribution in [3.05, 3.63) is 12.1 Å². The third-order valence-electron chi connectivity index (χ3n) is 3.42. The number of anilines is 2. The second kappa shape index (κ2) is 7.44. The Labute approximate surface area is 135 Å². The van der Waals surface area contributed by atoms with Crippen molar-refractivity contribution in [3.8, 4) is 0 Å². The normalized spacial score (nSPS) is 15.4. The third-order valence-corrected chi connectivity index (χ3v) is 4.70. The molecule has 1 amide bonds. The summed E-state index contributed by atoms with van der Waals surface area (Å²) in [4.78, 5) is 15.3. The lowest BCUT2D eigenvalue weighted by Gasteiger charge is -2.34. The number of nitrogens with zero attached hydrogens (tertiary/aromatic N) is 4. The van der Waals surface area contributed by atoms with Crippen LogP contribution in [0.15, 0.2) is 12.1 Å². The highest BCUT2D eigenvalue weighted by atomic mass is 32.2. The molecule has 0 saturated carbocycles. The number of carbonyl (C=O) groups is 1. The van der Waals surface area contributed by atoms with Crippen LogP contribution in [0.2, 0.25) is 0 Å². The molecule has 2 rings (SSSR count). The first-order chi connectivity index (χ1) is 10.9. The maximum atomic E-state index is 11.6. The molecule has 1 saturated heterocycles. The molecule has 1 aliphatic rings. The number of piperazine rings is 1. The highest BCUT2D eigenvalue weighted by molar-refractivity contribution is 7.92. The first kappa shape index (κ1) is 17.3. The van der Waals surface area contributed by atoms with Crippen molar-refractivity contribution >= 4 is 27.8 Å². The van der Waals surface area contributed by atoms with Gasteiger partial charge in [-0.05, 0) is 26.0 Å². The Kier molecular flexibility index (Phi) is 5.59.